The standard InChI is InChI=1S/C19H23N5O/c1-19(2)9-14-16(15(25)10-19)17(24-18(22-14)20-11-21-24)12-5-7-13(8-6-12)23(3)4/h5-8,11,17H,9-10H2,1-4H3,(H,20,21,22). The van der Waals surface area contributed by atoms with Crippen LogP contribution in [0, 0.1) is 5.41 Å². The fourth-order valence-electron chi connectivity index (χ4n) is 3.81. The zero-order valence-electron chi connectivity index (χ0n) is 15.1. The number of aromatic nitrogens is 3. The monoisotopic (exact) mass is 337 g/mol. The van der Waals surface area contributed by atoms with Crippen molar-refractivity contribution in [3.63, 3.8) is 0 Å². The lowest BCUT2D eigenvalue weighted by molar-refractivity contribution is -0.118. The summed E-state index contributed by atoms with van der Waals surface area (Å²) in [6.07, 6.45) is 2.94. The van der Waals surface area contributed by atoms with Crippen molar-refractivity contribution in [2.45, 2.75) is 32.7 Å². The van der Waals surface area contributed by atoms with Crippen LogP contribution in [0.2, 0.25) is 0 Å². The second kappa shape index (κ2) is 5.44. The Morgan fingerprint density at radius 2 is 1.92 bits per heavy atom. The molecule has 0 saturated carbocycles. The van der Waals surface area contributed by atoms with Gasteiger partial charge in [0.05, 0.1) is 0 Å². The molecule has 2 heterocycles. The Balaban J connectivity index is 1.84. The third-order valence-electron chi connectivity index (χ3n) is 5.00. The fraction of sp³-hybridized carbons (Fsp3) is 0.421. The van der Waals surface area contributed by atoms with E-state index in [0.717, 1.165) is 28.9 Å². The first kappa shape index (κ1) is 15.9. The van der Waals surface area contributed by atoms with Gasteiger partial charge < -0.3 is 10.2 Å². The summed E-state index contributed by atoms with van der Waals surface area (Å²) in [6.45, 7) is 4.27. The number of hydrogen-bond acceptors (Lipinski definition) is 5. The van der Waals surface area contributed by atoms with Crippen molar-refractivity contribution in [3.8, 4) is 0 Å². The van der Waals surface area contributed by atoms with Crippen LogP contribution in [0.5, 0.6) is 0 Å². The van der Waals surface area contributed by atoms with Gasteiger partial charge in [0.25, 0.3) is 0 Å². The van der Waals surface area contributed by atoms with Crippen molar-refractivity contribution < 1.29 is 4.79 Å². The van der Waals surface area contributed by atoms with Crippen LogP contribution < -0.4 is 10.2 Å². The van der Waals surface area contributed by atoms with Gasteiger partial charge in [0.2, 0.25) is 5.95 Å². The van der Waals surface area contributed by atoms with Crippen LogP contribution in [-0.4, -0.2) is 34.6 Å². The van der Waals surface area contributed by atoms with Gasteiger partial charge in [-0.3, -0.25) is 4.79 Å². The summed E-state index contributed by atoms with van der Waals surface area (Å²) in [5.41, 5.74) is 3.96. The Kier molecular flexibility index (Phi) is 3.45. The molecule has 2 aliphatic rings. The van der Waals surface area contributed by atoms with E-state index in [1.807, 2.05) is 18.8 Å². The average molecular weight is 337 g/mol. The SMILES string of the molecule is CN(C)c1ccc(C2C3=C(CC(C)(C)CC3=O)Nc3ncnn32)cc1. The smallest absolute Gasteiger partial charge is 0.226 e. The summed E-state index contributed by atoms with van der Waals surface area (Å²) in [4.78, 5) is 19.4. The summed E-state index contributed by atoms with van der Waals surface area (Å²) in [5.74, 6) is 0.896. The van der Waals surface area contributed by atoms with Crippen molar-refractivity contribution in [1.29, 1.82) is 0 Å². The first-order chi connectivity index (χ1) is 11.9. The average Bonchev–Trinajstić information content (AvgIpc) is 2.99. The number of Topliss-reactive ketones (excluding diaryl/α,β-unsaturated/α-hetero) is 1. The molecular formula is C19H23N5O. The zero-order chi connectivity index (χ0) is 17.8. The molecule has 0 radical (unpaired) electrons. The highest BCUT2D eigenvalue weighted by Gasteiger charge is 2.41. The summed E-state index contributed by atoms with van der Waals surface area (Å²) < 4.78 is 1.82. The second-order valence-electron chi connectivity index (χ2n) is 7.87. The summed E-state index contributed by atoms with van der Waals surface area (Å²) in [5, 5.41) is 7.71. The van der Waals surface area contributed by atoms with E-state index in [-0.39, 0.29) is 17.2 Å². The number of nitrogens with one attached hydrogen (secondary N) is 1. The lowest BCUT2D eigenvalue weighted by Crippen LogP contribution is -2.36. The van der Waals surface area contributed by atoms with E-state index in [4.69, 9.17) is 0 Å². The van der Waals surface area contributed by atoms with Gasteiger partial charge in [-0.15, -0.1) is 0 Å². The molecule has 0 bridgehead atoms. The summed E-state index contributed by atoms with van der Waals surface area (Å²) >= 11 is 0. The zero-order valence-corrected chi connectivity index (χ0v) is 15.1. The Bertz CT molecular complexity index is 860. The third-order valence-corrected chi connectivity index (χ3v) is 5.00. The number of carbonyl (C=O) groups excluding carboxylic acids is 1. The Morgan fingerprint density at radius 3 is 2.60 bits per heavy atom. The number of allylic oxidation sites excluding steroid dienone is 2. The molecule has 1 aromatic carbocycles. The molecule has 1 aliphatic heterocycles. The number of nitrogens with zero attached hydrogens (tertiary/aromatic N) is 4. The van der Waals surface area contributed by atoms with Gasteiger partial charge in [0, 0.05) is 37.5 Å². The van der Waals surface area contributed by atoms with E-state index in [9.17, 15) is 4.79 Å². The van der Waals surface area contributed by atoms with E-state index < -0.39 is 0 Å². The van der Waals surface area contributed by atoms with Gasteiger partial charge in [-0.05, 0) is 29.5 Å². The molecule has 1 N–H and O–H groups in total. The van der Waals surface area contributed by atoms with Gasteiger partial charge in [-0.1, -0.05) is 26.0 Å². The van der Waals surface area contributed by atoms with Crippen LogP contribution in [0.1, 0.15) is 38.3 Å². The van der Waals surface area contributed by atoms with Crippen molar-refractivity contribution in [2.75, 3.05) is 24.3 Å². The van der Waals surface area contributed by atoms with Crippen molar-refractivity contribution in [3.05, 3.63) is 47.4 Å². The first-order valence-electron chi connectivity index (χ1n) is 8.56. The van der Waals surface area contributed by atoms with Crippen LogP contribution in [0.4, 0.5) is 11.6 Å². The second-order valence-corrected chi connectivity index (χ2v) is 7.87. The van der Waals surface area contributed by atoms with Crippen LogP contribution in [0.3, 0.4) is 0 Å². The van der Waals surface area contributed by atoms with Crippen molar-refractivity contribution in [1.82, 2.24) is 14.8 Å². The minimum atomic E-state index is -0.214. The van der Waals surface area contributed by atoms with Crippen LogP contribution >= 0.6 is 0 Å². The molecule has 1 atom stereocenters. The normalized spacial score (nSPS) is 21.4. The maximum absolute atomic E-state index is 13.0. The molecule has 4 rings (SSSR count). The predicted molar refractivity (Wildman–Crippen MR) is 97.6 cm³/mol. The van der Waals surface area contributed by atoms with Crippen molar-refractivity contribution >= 4 is 17.4 Å². The molecule has 6 heteroatoms. The molecule has 0 saturated heterocycles. The number of ketones is 1. The van der Waals surface area contributed by atoms with E-state index >= 15 is 0 Å². The highest BCUT2D eigenvalue weighted by molar-refractivity contribution is 6.00. The van der Waals surface area contributed by atoms with Crippen LogP contribution in [0.25, 0.3) is 0 Å². The van der Waals surface area contributed by atoms with E-state index in [2.05, 4.69) is 58.4 Å². The van der Waals surface area contributed by atoms with Gasteiger partial charge in [0.15, 0.2) is 5.78 Å². The van der Waals surface area contributed by atoms with Crippen LogP contribution in [0.15, 0.2) is 41.9 Å². The molecule has 2 aromatic rings. The molecule has 25 heavy (non-hydrogen) atoms. The molecule has 0 spiro atoms. The maximum atomic E-state index is 13.0. The lowest BCUT2D eigenvalue weighted by atomic mass is 9.73. The number of carbonyl (C=O) groups is 1. The Morgan fingerprint density at radius 1 is 1.20 bits per heavy atom. The Hall–Kier alpha value is -2.63. The minimum Gasteiger partial charge on any atom is -0.378 e. The number of benzene rings is 1. The molecular weight excluding hydrogens is 314 g/mol. The minimum absolute atomic E-state index is 0.0373. The lowest BCUT2D eigenvalue weighted by Gasteiger charge is -2.38. The van der Waals surface area contributed by atoms with E-state index in [0.29, 0.717) is 12.4 Å². The maximum Gasteiger partial charge on any atom is 0.226 e. The molecule has 1 aliphatic carbocycles. The van der Waals surface area contributed by atoms with Gasteiger partial charge >= 0.3 is 0 Å². The number of hydrogen-bond donors (Lipinski definition) is 1. The largest absolute Gasteiger partial charge is 0.378 e. The summed E-state index contributed by atoms with van der Waals surface area (Å²) in [6, 6.07) is 8.09. The quantitative estimate of drug-likeness (QED) is 0.913. The summed E-state index contributed by atoms with van der Waals surface area (Å²) in [7, 11) is 4.03. The molecule has 6 nitrogen and oxygen atoms in total. The highest BCUT2D eigenvalue weighted by atomic mass is 16.1. The van der Waals surface area contributed by atoms with Gasteiger partial charge in [-0.25, -0.2) is 4.68 Å². The first-order valence-corrected chi connectivity index (χ1v) is 8.56. The van der Waals surface area contributed by atoms with Gasteiger partial charge in [0.1, 0.15) is 12.4 Å². The molecule has 0 fully saturated rings. The highest BCUT2D eigenvalue weighted by Crippen LogP contribution is 2.45. The molecule has 1 aromatic heterocycles. The molecule has 0 amide bonds. The third kappa shape index (κ3) is 2.62. The number of fused-ring (bicyclic) bond motifs is 1. The van der Waals surface area contributed by atoms with E-state index in [1.54, 1.807) is 0 Å². The van der Waals surface area contributed by atoms with Crippen molar-refractivity contribution in [2.24, 2.45) is 5.41 Å². The predicted octanol–water partition coefficient (Wildman–Crippen LogP) is 3.00. The molecule has 130 valence electrons. The number of anilines is 2. The topological polar surface area (TPSA) is 63.1 Å². The fourth-order valence-corrected chi connectivity index (χ4v) is 3.81. The van der Waals surface area contributed by atoms with E-state index in [1.165, 1.54) is 6.33 Å². The Labute approximate surface area is 147 Å². The van der Waals surface area contributed by atoms with Crippen LogP contribution in [-0.2, 0) is 4.79 Å². The number of rotatable bonds is 2. The van der Waals surface area contributed by atoms with Gasteiger partial charge in [-0.2, -0.15) is 10.1 Å². The molecule has 1 unspecified atom stereocenters.